The first kappa shape index (κ1) is 25.8. The molecule has 1 fully saturated rings. The number of rotatable bonds is 8. The van der Waals surface area contributed by atoms with Crippen LogP contribution in [0.2, 0.25) is 0 Å². The molecule has 0 spiro atoms. The fourth-order valence-electron chi connectivity index (χ4n) is 5.17. The van der Waals surface area contributed by atoms with Crippen molar-refractivity contribution in [3.63, 3.8) is 0 Å². The zero-order valence-corrected chi connectivity index (χ0v) is 21.4. The lowest BCUT2D eigenvalue weighted by molar-refractivity contribution is 0.0252. The van der Waals surface area contributed by atoms with E-state index < -0.39 is 15.9 Å². The van der Waals surface area contributed by atoms with Gasteiger partial charge in [-0.25, -0.2) is 8.42 Å². The Morgan fingerprint density at radius 2 is 1.86 bits per heavy atom. The van der Waals surface area contributed by atoms with E-state index in [1.165, 1.54) is 23.3 Å². The molecule has 1 saturated heterocycles. The zero-order chi connectivity index (χ0) is 25.0. The molecule has 0 bridgehead atoms. The number of carbonyl (C=O) groups excluding carboxylic acids is 1. The Labute approximate surface area is 208 Å². The average molecular weight is 501 g/mol. The van der Waals surface area contributed by atoms with Crippen molar-refractivity contribution < 1.29 is 23.1 Å². The lowest BCUT2D eigenvalue weighted by Crippen LogP contribution is -2.43. The lowest BCUT2D eigenvalue weighted by atomic mass is 9.85. The first-order valence-corrected chi connectivity index (χ1v) is 14.2. The van der Waals surface area contributed by atoms with E-state index >= 15 is 0 Å². The van der Waals surface area contributed by atoms with Crippen molar-refractivity contribution in [3.05, 3.63) is 64.7 Å². The van der Waals surface area contributed by atoms with Gasteiger partial charge in [0.2, 0.25) is 0 Å². The van der Waals surface area contributed by atoms with Crippen LogP contribution >= 0.6 is 0 Å². The fraction of sp³-hybridized carbons (Fsp3) is 0.519. The Bertz CT molecular complexity index is 1130. The van der Waals surface area contributed by atoms with Crippen LogP contribution in [-0.2, 0) is 21.1 Å². The van der Waals surface area contributed by atoms with Crippen molar-refractivity contribution in [2.45, 2.75) is 62.6 Å². The van der Waals surface area contributed by atoms with Crippen molar-refractivity contribution in [1.29, 1.82) is 0 Å². The molecule has 2 heterocycles. The molecule has 35 heavy (non-hydrogen) atoms. The number of ether oxygens (including phenoxy) is 1. The summed E-state index contributed by atoms with van der Waals surface area (Å²) in [7, 11) is -3.30. The van der Waals surface area contributed by atoms with E-state index in [-0.39, 0.29) is 23.2 Å². The summed E-state index contributed by atoms with van der Waals surface area (Å²) in [6.07, 6.45) is 3.14. The summed E-state index contributed by atoms with van der Waals surface area (Å²) >= 11 is 0. The molecule has 2 aliphatic heterocycles. The van der Waals surface area contributed by atoms with Crippen molar-refractivity contribution >= 4 is 15.7 Å². The van der Waals surface area contributed by atoms with Crippen LogP contribution in [0.3, 0.4) is 0 Å². The molecule has 8 heteroatoms. The van der Waals surface area contributed by atoms with Gasteiger partial charge < -0.3 is 15.2 Å². The van der Waals surface area contributed by atoms with Crippen molar-refractivity contribution in [2.24, 2.45) is 0 Å². The summed E-state index contributed by atoms with van der Waals surface area (Å²) < 4.78 is 29.7. The third-order valence-corrected chi connectivity index (χ3v) is 9.13. The van der Waals surface area contributed by atoms with E-state index in [2.05, 4.69) is 23.2 Å². The Balaban J connectivity index is 1.50. The number of nitrogens with zero attached hydrogens (tertiary/aromatic N) is 1. The van der Waals surface area contributed by atoms with E-state index in [0.717, 1.165) is 45.6 Å². The molecule has 2 aliphatic rings. The number of sulfone groups is 1. The molecule has 7 nitrogen and oxygen atoms in total. The summed E-state index contributed by atoms with van der Waals surface area (Å²) in [4.78, 5) is 15.9. The molecule has 1 amide bonds. The maximum Gasteiger partial charge on any atom is 0.251 e. The number of hydrogen-bond donors (Lipinski definition) is 2. The summed E-state index contributed by atoms with van der Waals surface area (Å²) in [6.45, 7) is 7.01. The number of fused-ring (bicyclic) bond motifs is 1. The van der Waals surface area contributed by atoms with E-state index in [0.29, 0.717) is 23.1 Å². The summed E-state index contributed by atoms with van der Waals surface area (Å²) in [6, 6.07) is 12.2. The fourth-order valence-corrected chi connectivity index (χ4v) is 6.06. The highest BCUT2D eigenvalue weighted by Crippen LogP contribution is 2.34. The predicted molar refractivity (Wildman–Crippen MR) is 135 cm³/mol. The average Bonchev–Trinajstić information content (AvgIpc) is 2.91. The highest BCUT2D eigenvalue weighted by molar-refractivity contribution is 7.91. The number of carbonyl (C=O) groups is 1. The van der Waals surface area contributed by atoms with E-state index in [9.17, 15) is 18.3 Å². The van der Waals surface area contributed by atoms with Crippen LogP contribution in [0, 0.1) is 0 Å². The monoisotopic (exact) mass is 500 g/mol. The molecule has 2 aromatic rings. The van der Waals surface area contributed by atoms with Crippen LogP contribution in [0.4, 0.5) is 0 Å². The second-order valence-electron chi connectivity index (χ2n) is 9.47. The van der Waals surface area contributed by atoms with Gasteiger partial charge in [0.15, 0.2) is 9.84 Å². The minimum absolute atomic E-state index is 0.0235. The largest absolute Gasteiger partial charge is 0.394 e. The number of benzene rings is 2. The van der Waals surface area contributed by atoms with E-state index in [1.807, 2.05) is 12.1 Å². The highest BCUT2D eigenvalue weighted by atomic mass is 32.2. The maximum absolute atomic E-state index is 13.1. The second-order valence-corrected chi connectivity index (χ2v) is 11.8. The molecule has 4 rings (SSSR count). The zero-order valence-electron chi connectivity index (χ0n) is 20.6. The maximum atomic E-state index is 13.1. The van der Waals surface area contributed by atoms with Crippen molar-refractivity contribution in [2.75, 3.05) is 32.1 Å². The second kappa shape index (κ2) is 11.2. The molecular formula is C27H36N2O5S. The molecule has 2 aromatic carbocycles. The van der Waals surface area contributed by atoms with Gasteiger partial charge >= 0.3 is 0 Å². The number of amides is 1. The number of aliphatic hydroxyl groups excluding tert-OH is 1. The van der Waals surface area contributed by atoms with E-state index in [1.54, 1.807) is 19.1 Å². The minimum Gasteiger partial charge on any atom is -0.394 e. The van der Waals surface area contributed by atoms with Crippen LogP contribution in [0.5, 0.6) is 0 Å². The van der Waals surface area contributed by atoms with Crippen LogP contribution in [0.1, 0.15) is 72.1 Å². The first-order valence-electron chi connectivity index (χ1n) is 12.5. The number of aliphatic hydroxyl groups is 1. The minimum atomic E-state index is -3.30. The molecule has 2 N–H and O–H groups in total. The van der Waals surface area contributed by atoms with Crippen LogP contribution in [0.25, 0.3) is 0 Å². The SMILES string of the molecule is CC[C@H]1CN(C2CCOCC2)Cc2cc(C(=O)N[C@@H](CO)c3ccc(S(=O)(=O)CC)cc3)ccc21. The van der Waals surface area contributed by atoms with Gasteiger partial charge in [0.25, 0.3) is 5.91 Å². The van der Waals surface area contributed by atoms with Crippen LogP contribution in [-0.4, -0.2) is 62.5 Å². The summed E-state index contributed by atoms with van der Waals surface area (Å²) in [5, 5.41) is 12.8. The molecule has 0 saturated carbocycles. The van der Waals surface area contributed by atoms with Crippen LogP contribution < -0.4 is 5.32 Å². The smallest absolute Gasteiger partial charge is 0.251 e. The van der Waals surface area contributed by atoms with Gasteiger partial charge in [-0.05, 0) is 66.1 Å². The normalized spacial score (nSPS) is 20.3. The Kier molecular flexibility index (Phi) is 8.27. The first-order chi connectivity index (χ1) is 16.9. The van der Waals surface area contributed by atoms with Crippen LogP contribution in [0.15, 0.2) is 47.4 Å². The number of hydrogen-bond acceptors (Lipinski definition) is 6. The molecule has 0 aromatic heterocycles. The number of nitrogens with one attached hydrogen (secondary N) is 1. The third-order valence-electron chi connectivity index (χ3n) is 7.38. The van der Waals surface area contributed by atoms with Gasteiger partial charge in [-0.2, -0.15) is 0 Å². The molecule has 0 aliphatic carbocycles. The highest BCUT2D eigenvalue weighted by Gasteiger charge is 2.30. The quantitative estimate of drug-likeness (QED) is 0.577. The van der Waals surface area contributed by atoms with E-state index in [4.69, 9.17) is 4.74 Å². The Morgan fingerprint density at radius 1 is 1.14 bits per heavy atom. The standard InChI is InChI=1S/C27H36N2O5S/c1-3-19-16-29(23-11-13-34-14-12-23)17-22-15-21(7-10-25(19)22)27(31)28-26(18-30)20-5-8-24(9-6-20)35(32,33)4-2/h5-10,15,19,23,26,30H,3-4,11-14,16-18H2,1-2H3,(H,28,31)/t19-,26-/m0/s1. The van der Waals surface area contributed by atoms with Gasteiger partial charge in [-0.15, -0.1) is 0 Å². The topological polar surface area (TPSA) is 95.9 Å². The molecule has 2 atom stereocenters. The molecular weight excluding hydrogens is 464 g/mol. The van der Waals surface area contributed by atoms with Crippen molar-refractivity contribution in [3.8, 4) is 0 Å². The summed E-state index contributed by atoms with van der Waals surface area (Å²) in [5.41, 5.74) is 3.73. The van der Waals surface area contributed by atoms with Gasteiger partial charge in [0.05, 0.1) is 23.3 Å². The predicted octanol–water partition coefficient (Wildman–Crippen LogP) is 3.43. The molecule has 190 valence electrons. The van der Waals surface area contributed by atoms with Gasteiger partial charge in [0, 0.05) is 37.9 Å². The van der Waals surface area contributed by atoms with Gasteiger partial charge in [-0.3, -0.25) is 9.69 Å². The molecule has 0 unspecified atom stereocenters. The lowest BCUT2D eigenvalue weighted by Gasteiger charge is -2.41. The van der Waals surface area contributed by atoms with Gasteiger partial charge in [0.1, 0.15) is 0 Å². The Morgan fingerprint density at radius 3 is 2.49 bits per heavy atom. The molecule has 0 radical (unpaired) electrons. The summed E-state index contributed by atoms with van der Waals surface area (Å²) in [5.74, 6) is 0.213. The Hall–Kier alpha value is -2.26. The van der Waals surface area contributed by atoms with Crippen molar-refractivity contribution in [1.82, 2.24) is 10.2 Å². The van der Waals surface area contributed by atoms with Gasteiger partial charge in [-0.1, -0.05) is 32.0 Å². The third kappa shape index (κ3) is 5.77.